The molecule has 2 rings (SSSR count). The molecule has 0 atom stereocenters. The van der Waals surface area contributed by atoms with Gasteiger partial charge in [-0.3, -0.25) is 0 Å². The highest BCUT2D eigenvalue weighted by atomic mass is 32.2. The molecule has 1 aromatic carbocycles. The maximum atomic E-state index is 9.56. The van der Waals surface area contributed by atoms with Crippen molar-refractivity contribution in [2.75, 3.05) is 32.8 Å². The van der Waals surface area contributed by atoms with E-state index in [0.717, 1.165) is 5.75 Å². The minimum absolute atomic E-state index is 0.105. The summed E-state index contributed by atoms with van der Waals surface area (Å²) in [6, 6.07) is 5.62. The van der Waals surface area contributed by atoms with Crippen molar-refractivity contribution in [3.05, 3.63) is 17.7 Å². The number of anilines is 1. The normalized spacial score (nSPS) is 10.1. The van der Waals surface area contributed by atoms with Crippen LogP contribution in [-0.2, 0) is 0 Å². The Morgan fingerprint density at radius 2 is 1.75 bits per heavy atom. The molecule has 7 nitrogen and oxygen atoms in total. The topological polar surface area (TPSA) is 103 Å². The Kier molecular flexibility index (Phi) is 5.71. The first kappa shape index (κ1) is 17.7. The summed E-state index contributed by atoms with van der Waals surface area (Å²) < 4.78 is 16.0. The highest BCUT2D eigenvalue weighted by Gasteiger charge is 2.20. The van der Waals surface area contributed by atoms with Crippen molar-refractivity contribution in [2.24, 2.45) is 0 Å². The molecule has 0 fully saturated rings. The van der Waals surface area contributed by atoms with Gasteiger partial charge in [0.2, 0.25) is 11.7 Å². The maximum Gasteiger partial charge on any atom is 0.221 e. The summed E-state index contributed by atoms with van der Waals surface area (Å²) in [5, 5.41) is 10.1. The van der Waals surface area contributed by atoms with Crippen molar-refractivity contribution >= 4 is 17.7 Å². The van der Waals surface area contributed by atoms with E-state index in [9.17, 15) is 5.26 Å². The van der Waals surface area contributed by atoms with Crippen LogP contribution in [0.4, 0.5) is 5.95 Å². The Morgan fingerprint density at radius 3 is 2.21 bits per heavy atom. The molecule has 0 saturated heterocycles. The SMILES string of the molecule is CCSc1nc(N)nc(-c2cc(OC)c(OC)c(OC)c2)c1C#N. The molecule has 126 valence electrons. The summed E-state index contributed by atoms with van der Waals surface area (Å²) in [7, 11) is 4.58. The van der Waals surface area contributed by atoms with Crippen LogP contribution >= 0.6 is 11.8 Å². The smallest absolute Gasteiger partial charge is 0.221 e. The molecular weight excluding hydrogens is 328 g/mol. The molecule has 0 amide bonds. The number of thioether (sulfide) groups is 1. The molecular formula is C16H18N4O3S. The highest BCUT2D eigenvalue weighted by molar-refractivity contribution is 7.99. The van der Waals surface area contributed by atoms with Gasteiger partial charge in [-0.1, -0.05) is 6.92 Å². The van der Waals surface area contributed by atoms with Crippen molar-refractivity contribution in [1.82, 2.24) is 9.97 Å². The largest absolute Gasteiger partial charge is 0.493 e. The van der Waals surface area contributed by atoms with Crippen LogP contribution in [0.25, 0.3) is 11.3 Å². The van der Waals surface area contributed by atoms with Gasteiger partial charge in [0.25, 0.3) is 0 Å². The van der Waals surface area contributed by atoms with Gasteiger partial charge in [0.05, 0.1) is 27.0 Å². The van der Waals surface area contributed by atoms with Crippen LogP contribution in [0.15, 0.2) is 17.2 Å². The molecule has 2 aromatic rings. The number of ether oxygens (including phenoxy) is 3. The molecule has 0 spiro atoms. The van der Waals surface area contributed by atoms with Gasteiger partial charge >= 0.3 is 0 Å². The summed E-state index contributed by atoms with van der Waals surface area (Å²) >= 11 is 1.44. The Hall–Kier alpha value is -2.66. The molecule has 24 heavy (non-hydrogen) atoms. The quantitative estimate of drug-likeness (QED) is 0.629. The number of nitrogens with two attached hydrogens (primary N) is 1. The van der Waals surface area contributed by atoms with Crippen molar-refractivity contribution < 1.29 is 14.2 Å². The second kappa shape index (κ2) is 7.75. The third-order valence-corrected chi connectivity index (χ3v) is 4.08. The molecule has 0 aliphatic heterocycles. The molecule has 0 unspecified atom stereocenters. The van der Waals surface area contributed by atoms with Gasteiger partial charge < -0.3 is 19.9 Å². The highest BCUT2D eigenvalue weighted by Crippen LogP contribution is 2.42. The summed E-state index contributed by atoms with van der Waals surface area (Å²) in [6.07, 6.45) is 0. The van der Waals surface area contributed by atoms with Gasteiger partial charge in [0, 0.05) is 5.56 Å². The van der Waals surface area contributed by atoms with E-state index in [4.69, 9.17) is 19.9 Å². The molecule has 0 aliphatic carbocycles. The first-order valence-corrected chi connectivity index (χ1v) is 8.08. The van der Waals surface area contributed by atoms with Crippen LogP contribution < -0.4 is 19.9 Å². The van der Waals surface area contributed by atoms with Crippen molar-refractivity contribution in [3.63, 3.8) is 0 Å². The Morgan fingerprint density at radius 1 is 1.12 bits per heavy atom. The summed E-state index contributed by atoms with van der Waals surface area (Å²) in [6.45, 7) is 1.98. The Labute approximate surface area is 144 Å². The fraction of sp³-hybridized carbons (Fsp3) is 0.312. The molecule has 1 heterocycles. The average Bonchev–Trinajstić information content (AvgIpc) is 2.60. The van der Waals surface area contributed by atoms with E-state index in [0.29, 0.717) is 39.1 Å². The van der Waals surface area contributed by atoms with E-state index in [1.807, 2.05) is 6.92 Å². The van der Waals surface area contributed by atoms with Crippen LogP contribution in [0.3, 0.4) is 0 Å². The molecule has 0 bridgehead atoms. The predicted octanol–water partition coefficient (Wildman–Crippen LogP) is 2.74. The fourth-order valence-electron chi connectivity index (χ4n) is 2.23. The standard InChI is InChI=1S/C16H18N4O3S/c1-5-24-15-10(8-17)13(19-16(18)20-15)9-6-11(21-2)14(23-4)12(7-9)22-3/h6-7H,5H2,1-4H3,(H2,18,19,20). The zero-order valence-corrected chi connectivity index (χ0v) is 14.7. The summed E-state index contributed by atoms with van der Waals surface area (Å²) in [5.74, 6) is 2.27. The molecule has 0 radical (unpaired) electrons. The van der Waals surface area contributed by atoms with Gasteiger partial charge in [-0.15, -0.1) is 11.8 Å². The zero-order chi connectivity index (χ0) is 17.7. The third kappa shape index (κ3) is 3.31. The third-order valence-electron chi connectivity index (χ3n) is 3.22. The minimum Gasteiger partial charge on any atom is -0.493 e. The van der Waals surface area contributed by atoms with Crippen LogP contribution in [0.1, 0.15) is 12.5 Å². The first-order chi connectivity index (χ1) is 11.6. The van der Waals surface area contributed by atoms with E-state index in [-0.39, 0.29) is 5.95 Å². The van der Waals surface area contributed by atoms with E-state index >= 15 is 0 Å². The molecule has 0 aliphatic rings. The maximum absolute atomic E-state index is 9.56. The van der Waals surface area contributed by atoms with Crippen LogP contribution in [0.5, 0.6) is 17.2 Å². The molecule has 8 heteroatoms. The number of aromatic nitrogens is 2. The number of nitriles is 1. The van der Waals surface area contributed by atoms with Gasteiger partial charge in [-0.2, -0.15) is 5.26 Å². The van der Waals surface area contributed by atoms with Gasteiger partial charge in [0.15, 0.2) is 11.5 Å². The van der Waals surface area contributed by atoms with Crippen molar-refractivity contribution in [3.8, 4) is 34.6 Å². The lowest BCUT2D eigenvalue weighted by Crippen LogP contribution is -2.03. The number of hydrogen-bond donors (Lipinski definition) is 1. The number of nitrogens with zero attached hydrogens (tertiary/aromatic N) is 3. The van der Waals surface area contributed by atoms with Gasteiger partial charge in [0.1, 0.15) is 16.7 Å². The van der Waals surface area contributed by atoms with E-state index < -0.39 is 0 Å². The van der Waals surface area contributed by atoms with Gasteiger partial charge in [-0.05, 0) is 17.9 Å². The second-order valence-corrected chi connectivity index (χ2v) is 5.82. The molecule has 0 saturated carbocycles. The van der Waals surface area contributed by atoms with E-state index in [1.54, 1.807) is 12.1 Å². The lowest BCUT2D eigenvalue weighted by atomic mass is 10.1. The lowest BCUT2D eigenvalue weighted by Gasteiger charge is -2.15. The minimum atomic E-state index is 0.105. The number of benzene rings is 1. The molecule has 2 N–H and O–H groups in total. The van der Waals surface area contributed by atoms with Crippen LogP contribution in [0, 0.1) is 11.3 Å². The van der Waals surface area contributed by atoms with Gasteiger partial charge in [-0.25, -0.2) is 9.97 Å². The van der Waals surface area contributed by atoms with Crippen LogP contribution in [0.2, 0.25) is 0 Å². The summed E-state index contributed by atoms with van der Waals surface area (Å²) in [5.41, 5.74) is 7.24. The second-order valence-electron chi connectivity index (χ2n) is 4.57. The average molecular weight is 346 g/mol. The number of methoxy groups -OCH3 is 3. The number of nitrogen functional groups attached to an aromatic ring is 1. The zero-order valence-electron chi connectivity index (χ0n) is 13.9. The Bertz CT molecular complexity index is 765. The molecule has 1 aromatic heterocycles. The van der Waals surface area contributed by atoms with E-state index in [1.165, 1.54) is 33.1 Å². The van der Waals surface area contributed by atoms with E-state index in [2.05, 4.69) is 16.0 Å². The summed E-state index contributed by atoms with van der Waals surface area (Å²) in [4.78, 5) is 8.40. The van der Waals surface area contributed by atoms with Crippen molar-refractivity contribution in [2.45, 2.75) is 11.9 Å². The van der Waals surface area contributed by atoms with Crippen LogP contribution in [-0.4, -0.2) is 37.1 Å². The monoisotopic (exact) mass is 346 g/mol. The first-order valence-electron chi connectivity index (χ1n) is 7.10. The predicted molar refractivity (Wildman–Crippen MR) is 92.6 cm³/mol. The Balaban J connectivity index is 2.74. The lowest BCUT2D eigenvalue weighted by molar-refractivity contribution is 0.324. The van der Waals surface area contributed by atoms with Crippen molar-refractivity contribution in [1.29, 1.82) is 5.26 Å². The number of rotatable bonds is 6. The fourth-order valence-corrected chi connectivity index (χ4v) is 2.94. The number of hydrogen-bond acceptors (Lipinski definition) is 8.